The van der Waals surface area contributed by atoms with Gasteiger partial charge in [-0.3, -0.25) is 4.79 Å². The second-order valence-corrected chi connectivity index (χ2v) is 7.07. The van der Waals surface area contributed by atoms with E-state index >= 15 is 0 Å². The number of para-hydroxylation sites is 1. The number of benzene rings is 1. The molecule has 3 aliphatic rings. The Morgan fingerprint density at radius 2 is 1.82 bits per heavy atom. The standard InChI is InChI=1S/C18H24N2O2/c1-19-14-7-9-17(10-8-14)13-20(15-5-3-2-4-6-15)16(21)18(22-17)11-12-18/h2-6,14,19H,7-13H2,1H3/t14-,17+. The molecule has 118 valence electrons. The third-order valence-corrected chi connectivity index (χ3v) is 5.57. The molecule has 0 radical (unpaired) electrons. The molecule has 1 N–H and O–H groups in total. The molecule has 4 heteroatoms. The summed E-state index contributed by atoms with van der Waals surface area (Å²) in [6.07, 6.45) is 6.10. The fourth-order valence-electron chi connectivity index (χ4n) is 4.03. The summed E-state index contributed by atoms with van der Waals surface area (Å²) >= 11 is 0. The lowest BCUT2D eigenvalue weighted by molar-refractivity contribution is -0.169. The first kappa shape index (κ1) is 14.2. The second kappa shape index (κ2) is 5.07. The number of amides is 1. The van der Waals surface area contributed by atoms with Crippen molar-refractivity contribution in [1.82, 2.24) is 5.32 Å². The van der Waals surface area contributed by atoms with E-state index in [0.29, 0.717) is 12.6 Å². The Morgan fingerprint density at radius 3 is 2.41 bits per heavy atom. The van der Waals surface area contributed by atoms with Gasteiger partial charge in [-0.05, 0) is 57.7 Å². The van der Waals surface area contributed by atoms with Gasteiger partial charge < -0.3 is 15.0 Å². The average Bonchev–Trinajstić information content (AvgIpc) is 3.33. The molecule has 1 heterocycles. The minimum Gasteiger partial charge on any atom is -0.357 e. The first-order valence-corrected chi connectivity index (χ1v) is 8.41. The van der Waals surface area contributed by atoms with Crippen LogP contribution in [0.5, 0.6) is 0 Å². The number of rotatable bonds is 2. The van der Waals surface area contributed by atoms with Gasteiger partial charge in [0, 0.05) is 11.7 Å². The average molecular weight is 300 g/mol. The lowest BCUT2D eigenvalue weighted by Gasteiger charge is -2.49. The summed E-state index contributed by atoms with van der Waals surface area (Å²) in [5, 5.41) is 3.38. The zero-order valence-electron chi connectivity index (χ0n) is 13.2. The summed E-state index contributed by atoms with van der Waals surface area (Å²) in [6.45, 7) is 0.702. The number of hydrogen-bond acceptors (Lipinski definition) is 3. The summed E-state index contributed by atoms with van der Waals surface area (Å²) in [6, 6.07) is 10.7. The highest BCUT2D eigenvalue weighted by molar-refractivity contribution is 6.02. The summed E-state index contributed by atoms with van der Waals surface area (Å²) in [7, 11) is 2.03. The van der Waals surface area contributed by atoms with Gasteiger partial charge in [-0.2, -0.15) is 0 Å². The normalized spacial score (nSPS) is 33.4. The molecule has 2 aliphatic carbocycles. The Morgan fingerprint density at radius 1 is 1.14 bits per heavy atom. The number of nitrogens with zero attached hydrogens (tertiary/aromatic N) is 1. The molecule has 1 aliphatic heterocycles. The van der Waals surface area contributed by atoms with Crippen LogP contribution >= 0.6 is 0 Å². The van der Waals surface area contributed by atoms with Crippen LogP contribution in [0.25, 0.3) is 0 Å². The van der Waals surface area contributed by atoms with Gasteiger partial charge in [0.05, 0.1) is 12.1 Å². The molecule has 2 spiro atoms. The predicted octanol–water partition coefficient (Wildman–Crippen LogP) is 2.48. The Bertz CT molecular complexity index is 560. The monoisotopic (exact) mass is 300 g/mol. The first-order valence-electron chi connectivity index (χ1n) is 8.41. The van der Waals surface area contributed by atoms with E-state index in [0.717, 1.165) is 44.2 Å². The molecule has 1 aromatic carbocycles. The van der Waals surface area contributed by atoms with Gasteiger partial charge in [0.2, 0.25) is 0 Å². The van der Waals surface area contributed by atoms with E-state index < -0.39 is 5.60 Å². The van der Waals surface area contributed by atoms with Crippen LogP contribution < -0.4 is 10.2 Å². The van der Waals surface area contributed by atoms with Gasteiger partial charge in [-0.15, -0.1) is 0 Å². The summed E-state index contributed by atoms with van der Waals surface area (Å²) in [5.74, 6) is 0.167. The predicted molar refractivity (Wildman–Crippen MR) is 85.9 cm³/mol. The highest BCUT2D eigenvalue weighted by Crippen LogP contribution is 2.51. The van der Waals surface area contributed by atoms with Crippen LogP contribution in [0.15, 0.2) is 30.3 Å². The minimum atomic E-state index is -0.513. The molecule has 22 heavy (non-hydrogen) atoms. The molecule has 3 fully saturated rings. The molecule has 2 saturated carbocycles. The van der Waals surface area contributed by atoms with Gasteiger partial charge in [0.1, 0.15) is 5.60 Å². The highest BCUT2D eigenvalue weighted by Gasteiger charge is 2.62. The lowest BCUT2D eigenvalue weighted by atomic mass is 9.80. The van der Waals surface area contributed by atoms with E-state index in [-0.39, 0.29) is 11.5 Å². The molecule has 4 nitrogen and oxygen atoms in total. The number of morpholine rings is 1. The number of anilines is 1. The van der Waals surface area contributed by atoms with Crippen molar-refractivity contribution in [2.45, 2.75) is 55.8 Å². The summed E-state index contributed by atoms with van der Waals surface area (Å²) in [5.41, 5.74) is 0.353. The van der Waals surface area contributed by atoms with Crippen LogP contribution in [-0.4, -0.2) is 36.7 Å². The molecule has 0 unspecified atom stereocenters. The molecule has 0 bridgehead atoms. The maximum atomic E-state index is 12.8. The van der Waals surface area contributed by atoms with Crippen LogP contribution in [0.3, 0.4) is 0 Å². The Balaban J connectivity index is 1.62. The van der Waals surface area contributed by atoms with Crippen LogP contribution in [0.2, 0.25) is 0 Å². The van der Waals surface area contributed by atoms with E-state index in [9.17, 15) is 4.79 Å². The molecular weight excluding hydrogens is 276 g/mol. The number of carbonyl (C=O) groups is 1. The quantitative estimate of drug-likeness (QED) is 0.912. The fourth-order valence-corrected chi connectivity index (χ4v) is 4.03. The van der Waals surface area contributed by atoms with Crippen molar-refractivity contribution in [1.29, 1.82) is 0 Å². The van der Waals surface area contributed by atoms with Crippen molar-refractivity contribution in [3.63, 3.8) is 0 Å². The van der Waals surface area contributed by atoms with Crippen LogP contribution in [-0.2, 0) is 9.53 Å². The van der Waals surface area contributed by atoms with Crippen molar-refractivity contribution < 1.29 is 9.53 Å². The second-order valence-electron chi connectivity index (χ2n) is 7.07. The topological polar surface area (TPSA) is 41.6 Å². The van der Waals surface area contributed by atoms with E-state index in [1.165, 1.54) is 0 Å². The maximum absolute atomic E-state index is 12.8. The van der Waals surface area contributed by atoms with Gasteiger partial charge >= 0.3 is 0 Å². The largest absolute Gasteiger partial charge is 0.357 e. The van der Waals surface area contributed by atoms with Crippen LogP contribution in [0.4, 0.5) is 5.69 Å². The Kier molecular flexibility index (Phi) is 3.27. The number of ether oxygens (including phenoxy) is 1. The minimum absolute atomic E-state index is 0.145. The van der Waals surface area contributed by atoms with Crippen molar-refractivity contribution in [2.75, 3.05) is 18.5 Å². The SMILES string of the molecule is CN[C@H]1CC[C@@]2(CC1)CN(c1ccccc1)C(=O)C1(CC1)O2. The van der Waals surface area contributed by atoms with Gasteiger partial charge in [0.25, 0.3) is 5.91 Å². The number of hydrogen-bond donors (Lipinski definition) is 1. The molecule has 4 rings (SSSR count). The molecule has 0 atom stereocenters. The number of nitrogens with one attached hydrogen (secondary N) is 1. The molecule has 0 aromatic heterocycles. The van der Waals surface area contributed by atoms with Gasteiger partial charge in [-0.25, -0.2) is 0 Å². The zero-order chi connectivity index (χ0) is 15.2. The summed E-state index contributed by atoms with van der Waals surface area (Å²) < 4.78 is 6.45. The van der Waals surface area contributed by atoms with E-state index in [2.05, 4.69) is 5.32 Å². The number of carbonyl (C=O) groups excluding carboxylic acids is 1. The van der Waals surface area contributed by atoms with Crippen molar-refractivity contribution in [3.05, 3.63) is 30.3 Å². The van der Waals surface area contributed by atoms with Gasteiger partial charge in [0.15, 0.2) is 0 Å². The van der Waals surface area contributed by atoms with Crippen LogP contribution in [0.1, 0.15) is 38.5 Å². The lowest BCUT2D eigenvalue weighted by Crippen LogP contribution is -2.62. The molecule has 1 saturated heterocycles. The third-order valence-electron chi connectivity index (χ3n) is 5.57. The highest BCUT2D eigenvalue weighted by atomic mass is 16.5. The Labute approximate surface area is 131 Å². The van der Waals surface area contributed by atoms with Crippen molar-refractivity contribution in [3.8, 4) is 0 Å². The molecular formula is C18H24N2O2. The third kappa shape index (κ3) is 2.25. The first-order chi connectivity index (χ1) is 10.7. The van der Waals surface area contributed by atoms with Crippen molar-refractivity contribution >= 4 is 11.6 Å². The van der Waals surface area contributed by atoms with E-state index in [4.69, 9.17) is 4.74 Å². The van der Waals surface area contributed by atoms with Gasteiger partial charge in [-0.1, -0.05) is 18.2 Å². The maximum Gasteiger partial charge on any atom is 0.259 e. The van der Waals surface area contributed by atoms with E-state index in [1.54, 1.807) is 0 Å². The zero-order valence-corrected chi connectivity index (χ0v) is 13.2. The fraction of sp³-hybridized carbons (Fsp3) is 0.611. The van der Waals surface area contributed by atoms with E-state index in [1.807, 2.05) is 42.3 Å². The molecule has 1 aromatic rings. The van der Waals surface area contributed by atoms with Crippen molar-refractivity contribution in [2.24, 2.45) is 0 Å². The van der Waals surface area contributed by atoms with Crippen LogP contribution in [0, 0.1) is 0 Å². The molecule has 1 amide bonds. The Hall–Kier alpha value is -1.39. The summed E-state index contributed by atoms with van der Waals surface area (Å²) in [4.78, 5) is 14.8. The smallest absolute Gasteiger partial charge is 0.259 e.